The smallest absolute Gasteiger partial charge is 0.245 e. The maximum absolute atomic E-state index is 12.1. The molecule has 45 heavy (non-hydrogen) atoms. The van der Waals surface area contributed by atoms with Crippen molar-refractivity contribution in [1.29, 1.82) is 0 Å². The first-order chi connectivity index (χ1) is 21.3. The highest BCUT2D eigenvalue weighted by Crippen LogP contribution is 2.56. The van der Waals surface area contributed by atoms with E-state index in [1.54, 1.807) is 0 Å². The van der Waals surface area contributed by atoms with Crippen molar-refractivity contribution in [3.05, 3.63) is 40.7 Å². The number of amides is 1. The molecule has 1 aromatic carbocycles. The number of likely N-dealkylation sites (tertiary alicyclic amines) is 1. The highest BCUT2D eigenvalue weighted by Gasteiger charge is 2.54. The average Bonchev–Trinajstić information content (AvgIpc) is 3.53. The van der Waals surface area contributed by atoms with Crippen LogP contribution in [0, 0.1) is 18.3 Å². The first kappa shape index (κ1) is 31.0. The summed E-state index contributed by atoms with van der Waals surface area (Å²) in [5.74, 6) is 1.88. The number of nitrogens with one attached hydrogen (secondary N) is 1. The number of rotatable bonds is 6. The number of piperidine rings is 1. The molecule has 1 atom stereocenters. The lowest BCUT2D eigenvalue weighted by atomic mass is 9.60. The highest BCUT2D eigenvalue weighted by molar-refractivity contribution is 7.91. The number of sulfone groups is 1. The van der Waals surface area contributed by atoms with E-state index in [-0.39, 0.29) is 34.4 Å². The molecule has 1 aliphatic carbocycles. The van der Waals surface area contributed by atoms with Gasteiger partial charge in [0.05, 0.1) is 39.3 Å². The minimum atomic E-state index is -2.90. The lowest BCUT2D eigenvalue weighted by Crippen LogP contribution is -2.63. The highest BCUT2D eigenvalue weighted by atomic mass is 35.5. The average molecular weight is 675 g/mol. The van der Waals surface area contributed by atoms with Crippen molar-refractivity contribution in [2.75, 3.05) is 55.7 Å². The van der Waals surface area contributed by atoms with Crippen LogP contribution >= 0.6 is 23.2 Å². The second-order valence-corrected chi connectivity index (χ2v) is 17.4. The van der Waals surface area contributed by atoms with Crippen LogP contribution in [0.5, 0.6) is 0 Å². The molecule has 242 valence electrons. The molecule has 5 heterocycles. The number of anilines is 1. The van der Waals surface area contributed by atoms with Gasteiger partial charge in [0.15, 0.2) is 15.7 Å². The summed E-state index contributed by atoms with van der Waals surface area (Å²) in [7, 11) is -2.90. The van der Waals surface area contributed by atoms with Crippen LogP contribution in [-0.2, 0) is 14.6 Å². The Morgan fingerprint density at radius 2 is 1.84 bits per heavy atom. The lowest BCUT2D eigenvalue weighted by molar-refractivity contribution is -0.149. The van der Waals surface area contributed by atoms with Crippen molar-refractivity contribution in [3.8, 4) is 11.1 Å². The molecule has 0 unspecified atom stereocenters. The second kappa shape index (κ2) is 11.0. The Kier molecular flexibility index (Phi) is 7.58. The van der Waals surface area contributed by atoms with E-state index in [1.807, 2.05) is 17.2 Å². The first-order valence-electron chi connectivity index (χ1n) is 15.8. The van der Waals surface area contributed by atoms with E-state index in [9.17, 15) is 13.2 Å². The number of nitrogens with zero attached hydrogens (tertiary/aromatic N) is 6. The van der Waals surface area contributed by atoms with Gasteiger partial charge in [0.25, 0.3) is 0 Å². The number of aromatic nitrogens is 4. The van der Waals surface area contributed by atoms with E-state index < -0.39 is 9.84 Å². The van der Waals surface area contributed by atoms with Gasteiger partial charge in [-0.15, -0.1) is 0 Å². The van der Waals surface area contributed by atoms with Crippen molar-refractivity contribution in [2.45, 2.75) is 58.0 Å². The zero-order valence-corrected chi connectivity index (χ0v) is 28.5. The van der Waals surface area contributed by atoms with Gasteiger partial charge < -0.3 is 14.7 Å². The number of hydrogen-bond donors (Lipinski definition) is 1. The van der Waals surface area contributed by atoms with Crippen LogP contribution in [0.2, 0.25) is 10.0 Å². The number of H-pyrrole nitrogens is 1. The fraction of sp³-hybridized carbons (Fsp3) is 0.594. The van der Waals surface area contributed by atoms with Crippen molar-refractivity contribution in [3.63, 3.8) is 0 Å². The van der Waals surface area contributed by atoms with Gasteiger partial charge in [-0.25, -0.2) is 8.42 Å². The summed E-state index contributed by atoms with van der Waals surface area (Å²) in [4.78, 5) is 18.7. The van der Waals surface area contributed by atoms with Crippen LogP contribution in [0.15, 0.2) is 24.9 Å². The zero-order valence-electron chi connectivity index (χ0n) is 26.2. The maximum atomic E-state index is 12.1. The summed E-state index contributed by atoms with van der Waals surface area (Å²) in [6.45, 7) is 14.8. The number of halogens is 2. The molecule has 7 rings (SSSR count). The molecule has 4 fully saturated rings. The first-order valence-corrected chi connectivity index (χ1v) is 18.4. The number of carbonyl (C=O) groups excluding carboxylic acids is 1. The van der Waals surface area contributed by atoms with E-state index in [0.29, 0.717) is 29.1 Å². The third kappa shape index (κ3) is 5.37. The van der Waals surface area contributed by atoms with Gasteiger partial charge in [0.1, 0.15) is 0 Å². The predicted octanol–water partition coefficient (Wildman–Crippen LogP) is 5.12. The van der Waals surface area contributed by atoms with Gasteiger partial charge in [-0.05, 0) is 64.5 Å². The van der Waals surface area contributed by atoms with Gasteiger partial charge in [-0.1, -0.05) is 29.8 Å². The van der Waals surface area contributed by atoms with Gasteiger partial charge in [-0.3, -0.25) is 14.6 Å². The third-order valence-electron chi connectivity index (χ3n) is 10.7. The lowest BCUT2D eigenvalue weighted by Gasteiger charge is -2.58. The molecule has 1 N–H and O–H groups in total. The second-order valence-electron chi connectivity index (χ2n) is 14.3. The van der Waals surface area contributed by atoms with E-state index in [0.717, 1.165) is 85.4 Å². The summed E-state index contributed by atoms with van der Waals surface area (Å²) in [6.07, 6.45) is 7.09. The normalized spacial score (nSPS) is 24.5. The van der Waals surface area contributed by atoms with E-state index in [1.165, 1.54) is 6.08 Å². The quantitative estimate of drug-likeness (QED) is 0.362. The van der Waals surface area contributed by atoms with E-state index in [4.69, 9.17) is 28.3 Å². The van der Waals surface area contributed by atoms with Crippen LogP contribution < -0.4 is 4.90 Å². The van der Waals surface area contributed by atoms with Crippen LogP contribution in [0.4, 0.5) is 5.82 Å². The molecule has 3 saturated heterocycles. The Bertz CT molecular complexity index is 1770. The summed E-state index contributed by atoms with van der Waals surface area (Å²) < 4.78 is 26.1. The number of hydrogen-bond acceptors (Lipinski definition) is 7. The summed E-state index contributed by atoms with van der Waals surface area (Å²) >= 11 is 13.7. The minimum absolute atomic E-state index is 0.000372. The van der Waals surface area contributed by atoms with Gasteiger partial charge in [-0.2, -0.15) is 10.2 Å². The molecule has 3 aromatic rings. The predicted molar refractivity (Wildman–Crippen MR) is 179 cm³/mol. The number of carbonyl (C=O) groups is 1. The van der Waals surface area contributed by atoms with Gasteiger partial charge in [0.2, 0.25) is 5.91 Å². The van der Waals surface area contributed by atoms with Crippen LogP contribution in [0.25, 0.3) is 22.0 Å². The van der Waals surface area contributed by atoms with Crippen LogP contribution in [0.3, 0.4) is 0 Å². The zero-order chi connectivity index (χ0) is 31.9. The van der Waals surface area contributed by atoms with E-state index >= 15 is 0 Å². The molecule has 1 amide bonds. The fourth-order valence-corrected chi connectivity index (χ4v) is 10.1. The fourth-order valence-electron chi connectivity index (χ4n) is 8.42. The molecule has 0 radical (unpaired) electrons. The van der Waals surface area contributed by atoms with Crippen molar-refractivity contribution in [1.82, 2.24) is 29.8 Å². The van der Waals surface area contributed by atoms with Gasteiger partial charge in [0, 0.05) is 72.4 Å². The molecule has 3 aliphatic heterocycles. The Hall–Kier alpha value is -2.60. The topological polar surface area (TPSA) is 107 Å². The molecular weight excluding hydrogens is 633 g/mol. The van der Waals surface area contributed by atoms with Crippen molar-refractivity contribution >= 4 is 55.7 Å². The molecule has 10 nitrogen and oxygen atoms in total. The van der Waals surface area contributed by atoms with Crippen molar-refractivity contribution in [2.24, 2.45) is 11.3 Å². The molecule has 0 bridgehead atoms. The number of aromatic amines is 1. The summed E-state index contributed by atoms with van der Waals surface area (Å²) in [5.41, 5.74) is 3.65. The van der Waals surface area contributed by atoms with Gasteiger partial charge >= 0.3 is 0 Å². The maximum Gasteiger partial charge on any atom is 0.245 e. The van der Waals surface area contributed by atoms with Crippen LogP contribution in [0.1, 0.15) is 51.3 Å². The standard InChI is InChI=1S/C32H41Cl2N7O3S/c1-5-26(42)39-18-32(19-39)14-22(15-32)41-20(2)27(28-23-16-35-36-25(23)12-24(33)29(28)34)30(37-41)40-7-6-21(13-31(40,3)4)17-38-8-10-45(43,44)11-9-38/h5,12,16,21-22H,1,6-11,13-15,17-19H2,2-4H3,(H,35,36)/t21-/m1/s1. The molecule has 1 saturated carbocycles. The molecule has 1 spiro atoms. The Morgan fingerprint density at radius 1 is 1.13 bits per heavy atom. The third-order valence-corrected chi connectivity index (χ3v) is 13.1. The number of benzene rings is 1. The largest absolute Gasteiger partial charge is 0.349 e. The Morgan fingerprint density at radius 3 is 2.51 bits per heavy atom. The Balaban J connectivity index is 1.21. The van der Waals surface area contributed by atoms with E-state index in [2.05, 4.69) is 52.0 Å². The summed E-state index contributed by atoms with van der Waals surface area (Å²) in [5, 5.41) is 14.6. The molecule has 13 heteroatoms. The monoisotopic (exact) mass is 673 g/mol. The molecule has 4 aliphatic rings. The minimum Gasteiger partial charge on any atom is -0.349 e. The molecular formula is C32H41Cl2N7O3S. The SMILES string of the molecule is C=CC(=O)N1CC2(CC(n3nc(N4CC[C@@H](CN5CCS(=O)(=O)CC5)CC4(C)C)c(-c4c(Cl)c(Cl)cc5[nH]ncc45)c3C)C2)C1. The van der Waals surface area contributed by atoms with Crippen LogP contribution in [-0.4, -0.2) is 100 Å². The Labute approximate surface area is 274 Å². The van der Waals surface area contributed by atoms with Crippen molar-refractivity contribution < 1.29 is 13.2 Å². The summed E-state index contributed by atoms with van der Waals surface area (Å²) in [6, 6.07) is 2.05. The molecule has 2 aromatic heterocycles. The number of fused-ring (bicyclic) bond motifs is 1.